The molecule has 2 N–H and O–H groups in total. The van der Waals surface area contributed by atoms with Crippen LogP contribution in [0.4, 0.5) is 4.79 Å². The van der Waals surface area contributed by atoms with E-state index < -0.39 is 17.8 Å². The number of carbonyl (C=O) groups is 2. The van der Waals surface area contributed by atoms with Crippen molar-refractivity contribution in [3.63, 3.8) is 0 Å². The van der Waals surface area contributed by atoms with E-state index in [-0.39, 0.29) is 5.75 Å². The van der Waals surface area contributed by atoms with Crippen molar-refractivity contribution in [3.8, 4) is 5.75 Å². The zero-order chi connectivity index (χ0) is 9.84. The van der Waals surface area contributed by atoms with Crippen LogP contribution in [0.5, 0.6) is 5.75 Å². The number of nitrogens with zero attached hydrogens (tertiary/aromatic N) is 1. The Balaban J connectivity index is 3.04. The van der Waals surface area contributed by atoms with Crippen molar-refractivity contribution in [1.29, 1.82) is 0 Å². The number of carboxylic acids is 1. The summed E-state index contributed by atoms with van der Waals surface area (Å²) >= 11 is 0. The molecule has 0 spiro atoms. The van der Waals surface area contributed by atoms with Gasteiger partial charge in [0.25, 0.3) is 0 Å². The van der Waals surface area contributed by atoms with Crippen molar-refractivity contribution in [2.75, 3.05) is 0 Å². The molecule has 0 atom stereocenters. The summed E-state index contributed by atoms with van der Waals surface area (Å²) in [5.74, 6) is -1.63. The van der Waals surface area contributed by atoms with Crippen LogP contribution in [0.15, 0.2) is 18.3 Å². The Morgan fingerprint density at radius 2 is 2.08 bits per heavy atom. The van der Waals surface area contributed by atoms with E-state index in [0.29, 0.717) is 0 Å². The second-order valence-corrected chi connectivity index (χ2v) is 2.02. The first-order chi connectivity index (χ1) is 6.11. The van der Waals surface area contributed by atoms with Crippen molar-refractivity contribution in [1.82, 2.24) is 4.98 Å². The highest BCUT2D eigenvalue weighted by molar-refractivity contribution is 5.89. The monoisotopic (exact) mass is 183 g/mol. The van der Waals surface area contributed by atoms with Crippen LogP contribution >= 0.6 is 0 Å². The summed E-state index contributed by atoms with van der Waals surface area (Å²) in [7, 11) is 0. The minimum Gasteiger partial charge on any atom is -0.476 e. The average Bonchev–Trinajstić information content (AvgIpc) is 2.03. The third-order valence-electron chi connectivity index (χ3n) is 1.17. The second-order valence-electron chi connectivity index (χ2n) is 2.02. The first kappa shape index (κ1) is 8.98. The van der Waals surface area contributed by atoms with Crippen LogP contribution in [0.1, 0.15) is 10.5 Å². The number of ether oxygens (including phenoxy) is 1. The largest absolute Gasteiger partial charge is 0.511 e. The topological polar surface area (TPSA) is 96.7 Å². The summed E-state index contributed by atoms with van der Waals surface area (Å²) < 4.78 is 4.18. The fourth-order valence-corrected chi connectivity index (χ4v) is 0.728. The van der Waals surface area contributed by atoms with E-state index in [2.05, 4.69) is 9.72 Å². The lowest BCUT2D eigenvalue weighted by Crippen LogP contribution is -2.09. The standard InChI is InChI=1S/C7H5NO5/c9-6(10)5-4(13-7(11)12)2-1-3-8-5/h1-3H,(H,9,10)(H,11,12). The SMILES string of the molecule is O=C(O)Oc1cccnc1C(=O)O. The van der Waals surface area contributed by atoms with E-state index in [1.807, 2.05) is 0 Å². The molecule has 1 rings (SSSR count). The van der Waals surface area contributed by atoms with Crippen molar-refractivity contribution in [2.45, 2.75) is 0 Å². The average molecular weight is 183 g/mol. The molecule has 6 nitrogen and oxygen atoms in total. The van der Waals surface area contributed by atoms with E-state index in [4.69, 9.17) is 10.2 Å². The molecule has 1 aromatic rings. The molecule has 0 fully saturated rings. The van der Waals surface area contributed by atoms with E-state index in [1.165, 1.54) is 18.3 Å². The van der Waals surface area contributed by atoms with Gasteiger partial charge in [-0.3, -0.25) is 0 Å². The Hall–Kier alpha value is -2.11. The lowest BCUT2D eigenvalue weighted by atomic mass is 10.3. The molecule has 6 heteroatoms. The molecule has 1 aromatic heterocycles. The van der Waals surface area contributed by atoms with Gasteiger partial charge in [0.2, 0.25) is 0 Å². The Bertz CT molecular complexity index is 348. The molecule has 1 heterocycles. The maximum absolute atomic E-state index is 10.5. The lowest BCUT2D eigenvalue weighted by molar-refractivity contribution is 0.0686. The summed E-state index contributed by atoms with van der Waals surface area (Å²) in [6, 6.07) is 2.59. The number of hydrogen-bond donors (Lipinski definition) is 2. The van der Waals surface area contributed by atoms with Gasteiger partial charge in [0.1, 0.15) is 0 Å². The number of hydrogen-bond acceptors (Lipinski definition) is 4. The highest BCUT2D eigenvalue weighted by Crippen LogP contribution is 2.14. The molecule has 0 amide bonds. The number of carboxylic acid groups (broad SMARTS) is 2. The first-order valence-corrected chi connectivity index (χ1v) is 3.20. The Labute approximate surface area is 72.4 Å². The second kappa shape index (κ2) is 3.53. The van der Waals surface area contributed by atoms with E-state index >= 15 is 0 Å². The van der Waals surface area contributed by atoms with Gasteiger partial charge in [-0.15, -0.1) is 0 Å². The molecule has 0 aliphatic carbocycles. The first-order valence-electron chi connectivity index (χ1n) is 3.20. The molecule has 0 aliphatic rings. The van der Waals surface area contributed by atoms with Gasteiger partial charge in [-0.2, -0.15) is 0 Å². The quantitative estimate of drug-likeness (QED) is 0.659. The minimum absolute atomic E-state index is 0.289. The molecular weight excluding hydrogens is 178 g/mol. The molecular formula is C7H5NO5. The van der Waals surface area contributed by atoms with Gasteiger partial charge < -0.3 is 14.9 Å². The zero-order valence-electron chi connectivity index (χ0n) is 6.30. The molecule has 0 saturated carbocycles. The van der Waals surface area contributed by atoms with E-state index in [0.717, 1.165) is 0 Å². The molecule has 0 saturated heterocycles. The van der Waals surface area contributed by atoms with Crippen LogP contribution in [-0.2, 0) is 0 Å². The number of rotatable bonds is 2. The van der Waals surface area contributed by atoms with Crippen LogP contribution < -0.4 is 4.74 Å². The summed E-state index contributed by atoms with van der Waals surface area (Å²) in [4.78, 5) is 24.0. The Kier molecular flexibility index (Phi) is 2.44. The highest BCUT2D eigenvalue weighted by Gasteiger charge is 2.14. The fourth-order valence-electron chi connectivity index (χ4n) is 0.728. The van der Waals surface area contributed by atoms with Crippen LogP contribution in [0.2, 0.25) is 0 Å². The highest BCUT2D eigenvalue weighted by atomic mass is 16.7. The van der Waals surface area contributed by atoms with Gasteiger partial charge in [-0.25, -0.2) is 14.6 Å². The van der Waals surface area contributed by atoms with Crippen LogP contribution in [0, 0.1) is 0 Å². The number of aromatic carboxylic acids is 1. The Morgan fingerprint density at radius 3 is 2.62 bits per heavy atom. The van der Waals surface area contributed by atoms with Gasteiger partial charge in [-0.1, -0.05) is 0 Å². The summed E-state index contributed by atoms with van der Waals surface area (Å²) in [5.41, 5.74) is -0.426. The lowest BCUT2D eigenvalue weighted by Gasteiger charge is -2.01. The summed E-state index contributed by atoms with van der Waals surface area (Å²) in [6.45, 7) is 0. The van der Waals surface area contributed by atoms with Gasteiger partial charge in [-0.05, 0) is 12.1 Å². The van der Waals surface area contributed by atoms with Crippen molar-refractivity contribution in [3.05, 3.63) is 24.0 Å². The van der Waals surface area contributed by atoms with Crippen LogP contribution in [0.3, 0.4) is 0 Å². The van der Waals surface area contributed by atoms with Crippen LogP contribution in [0.25, 0.3) is 0 Å². The molecule has 0 aliphatic heterocycles. The number of pyridine rings is 1. The van der Waals surface area contributed by atoms with Crippen molar-refractivity contribution < 1.29 is 24.5 Å². The minimum atomic E-state index is -1.57. The molecule has 0 bridgehead atoms. The predicted molar refractivity (Wildman–Crippen MR) is 39.8 cm³/mol. The summed E-state index contributed by atoms with van der Waals surface area (Å²) in [6.07, 6.45) is -0.339. The van der Waals surface area contributed by atoms with Gasteiger partial charge >= 0.3 is 12.1 Å². The molecule has 68 valence electrons. The smallest absolute Gasteiger partial charge is 0.476 e. The molecule has 0 aromatic carbocycles. The molecule has 0 radical (unpaired) electrons. The predicted octanol–water partition coefficient (Wildman–Crippen LogP) is 0.837. The van der Waals surface area contributed by atoms with Gasteiger partial charge in [0.15, 0.2) is 11.4 Å². The maximum Gasteiger partial charge on any atom is 0.511 e. The zero-order valence-corrected chi connectivity index (χ0v) is 6.30. The van der Waals surface area contributed by atoms with E-state index in [9.17, 15) is 9.59 Å². The van der Waals surface area contributed by atoms with Gasteiger partial charge in [0.05, 0.1) is 0 Å². The molecule has 13 heavy (non-hydrogen) atoms. The molecule has 0 unspecified atom stereocenters. The van der Waals surface area contributed by atoms with Crippen molar-refractivity contribution in [2.24, 2.45) is 0 Å². The Morgan fingerprint density at radius 1 is 1.38 bits per heavy atom. The number of aromatic nitrogens is 1. The van der Waals surface area contributed by atoms with Crippen molar-refractivity contribution >= 4 is 12.1 Å². The summed E-state index contributed by atoms with van der Waals surface area (Å²) in [5, 5.41) is 16.8. The van der Waals surface area contributed by atoms with Crippen LogP contribution in [-0.4, -0.2) is 27.3 Å². The van der Waals surface area contributed by atoms with E-state index in [1.54, 1.807) is 0 Å². The fraction of sp³-hybridized carbons (Fsp3) is 0. The normalized spacial score (nSPS) is 9.23. The van der Waals surface area contributed by atoms with Gasteiger partial charge in [0, 0.05) is 6.20 Å². The maximum atomic E-state index is 10.5. The third kappa shape index (κ3) is 2.16. The third-order valence-corrected chi connectivity index (χ3v) is 1.17.